The third kappa shape index (κ3) is 3.84. The van der Waals surface area contributed by atoms with Gasteiger partial charge in [0.15, 0.2) is 0 Å². The van der Waals surface area contributed by atoms with E-state index in [9.17, 15) is 4.79 Å². The van der Waals surface area contributed by atoms with Crippen LogP contribution < -0.4 is 4.90 Å². The van der Waals surface area contributed by atoms with Gasteiger partial charge in [-0.25, -0.2) is 0 Å². The van der Waals surface area contributed by atoms with E-state index < -0.39 is 0 Å². The van der Waals surface area contributed by atoms with Crippen molar-refractivity contribution in [3.8, 4) is 0 Å². The molecule has 0 aliphatic carbocycles. The molecular formula is C18H21N2OS+. The van der Waals surface area contributed by atoms with E-state index in [1.807, 2.05) is 28.5 Å². The Morgan fingerprint density at radius 1 is 1.14 bits per heavy atom. The van der Waals surface area contributed by atoms with Gasteiger partial charge >= 0.3 is 0 Å². The zero-order valence-electron chi connectivity index (χ0n) is 12.6. The van der Waals surface area contributed by atoms with Gasteiger partial charge in [-0.05, 0) is 23.1 Å². The van der Waals surface area contributed by atoms with Crippen molar-refractivity contribution in [3.63, 3.8) is 0 Å². The second-order valence-electron chi connectivity index (χ2n) is 5.54. The SMILES string of the molecule is O=C(c1cccs1)N1CC[NH+](CC=Cc2ccccc2)CC1. The van der Waals surface area contributed by atoms with Gasteiger partial charge < -0.3 is 9.80 Å². The standard InChI is InChI=1S/C18H20N2OS/c21-18(17-9-5-15-22-17)20-13-11-19(12-14-20)10-4-8-16-6-2-1-3-7-16/h1-9,15H,10-14H2/p+1. The lowest BCUT2D eigenvalue weighted by molar-refractivity contribution is -0.898. The van der Waals surface area contributed by atoms with Crippen LogP contribution in [0.1, 0.15) is 15.2 Å². The third-order valence-electron chi connectivity index (χ3n) is 4.01. The number of quaternary nitrogens is 1. The quantitative estimate of drug-likeness (QED) is 0.915. The van der Waals surface area contributed by atoms with Crippen LogP contribution in [-0.2, 0) is 0 Å². The van der Waals surface area contributed by atoms with E-state index >= 15 is 0 Å². The van der Waals surface area contributed by atoms with Gasteiger partial charge in [-0.2, -0.15) is 0 Å². The van der Waals surface area contributed by atoms with Crippen molar-refractivity contribution >= 4 is 23.3 Å². The third-order valence-corrected chi connectivity index (χ3v) is 4.86. The molecule has 0 spiro atoms. The van der Waals surface area contributed by atoms with Crippen LogP contribution in [0.3, 0.4) is 0 Å². The molecule has 0 saturated carbocycles. The Kier molecular flexibility index (Phi) is 5.03. The molecule has 2 aromatic rings. The van der Waals surface area contributed by atoms with Crippen molar-refractivity contribution in [1.29, 1.82) is 0 Å². The molecule has 1 aromatic carbocycles. The normalized spacial score (nSPS) is 16.3. The lowest BCUT2D eigenvalue weighted by atomic mass is 10.2. The van der Waals surface area contributed by atoms with Crippen molar-refractivity contribution in [1.82, 2.24) is 4.90 Å². The summed E-state index contributed by atoms with van der Waals surface area (Å²) in [5, 5.41) is 1.96. The van der Waals surface area contributed by atoms with Crippen molar-refractivity contribution in [3.05, 3.63) is 64.4 Å². The van der Waals surface area contributed by atoms with E-state index in [4.69, 9.17) is 0 Å². The fourth-order valence-electron chi connectivity index (χ4n) is 2.71. The Hall–Kier alpha value is -1.91. The second-order valence-corrected chi connectivity index (χ2v) is 6.48. The minimum absolute atomic E-state index is 0.189. The van der Waals surface area contributed by atoms with E-state index in [2.05, 4.69) is 36.4 Å². The maximum Gasteiger partial charge on any atom is 0.264 e. The van der Waals surface area contributed by atoms with Gasteiger partial charge in [0.05, 0.1) is 37.6 Å². The molecule has 4 heteroatoms. The van der Waals surface area contributed by atoms with Crippen LogP contribution in [0.15, 0.2) is 53.9 Å². The minimum atomic E-state index is 0.189. The molecule has 1 aromatic heterocycles. The molecule has 1 amide bonds. The zero-order valence-corrected chi connectivity index (χ0v) is 13.4. The van der Waals surface area contributed by atoms with Gasteiger partial charge in [-0.15, -0.1) is 11.3 Å². The number of hydrogen-bond acceptors (Lipinski definition) is 2. The molecule has 3 rings (SSSR count). The van der Waals surface area contributed by atoms with E-state index in [1.165, 1.54) is 16.9 Å². The number of benzene rings is 1. The maximum absolute atomic E-state index is 12.3. The first-order chi connectivity index (χ1) is 10.8. The van der Waals surface area contributed by atoms with Gasteiger partial charge in [-0.3, -0.25) is 4.79 Å². The topological polar surface area (TPSA) is 24.8 Å². The molecule has 0 radical (unpaired) electrons. The summed E-state index contributed by atoms with van der Waals surface area (Å²) >= 11 is 1.53. The molecule has 1 aliphatic rings. The second kappa shape index (κ2) is 7.38. The lowest BCUT2D eigenvalue weighted by Gasteiger charge is -2.31. The molecule has 0 atom stereocenters. The first kappa shape index (κ1) is 15.0. The summed E-state index contributed by atoms with van der Waals surface area (Å²) in [5.74, 6) is 0.189. The summed E-state index contributed by atoms with van der Waals surface area (Å²) in [7, 11) is 0. The van der Waals surface area contributed by atoms with Gasteiger partial charge in [0, 0.05) is 0 Å². The highest BCUT2D eigenvalue weighted by molar-refractivity contribution is 7.12. The zero-order chi connectivity index (χ0) is 15.2. The number of thiophene rings is 1. The van der Waals surface area contributed by atoms with Gasteiger partial charge in [0.1, 0.15) is 0 Å². The average Bonchev–Trinajstić information content (AvgIpc) is 3.10. The molecule has 1 N–H and O–H groups in total. The lowest BCUT2D eigenvalue weighted by Crippen LogP contribution is -3.14. The Morgan fingerprint density at radius 3 is 2.59 bits per heavy atom. The summed E-state index contributed by atoms with van der Waals surface area (Å²) in [6, 6.07) is 14.2. The average molecular weight is 313 g/mol. The van der Waals surface area contributed by atoms with Crippen LogP contribution in [0.25, 0.3) is 6.08 Å². The van der Waals surface area contributed by atoms with Crippen LogP contribution in [-0.4, -0.2) is 43.5 Å². The Bertz CT molecular complexity index is 614. The molecule has 0 bridgehead atoms. The fourth-order valence-corrected chi connectivity index (χ4v) is 3.40. The van der Waals surface area contributed by atoms with Gasteiger partial charge in [0.2, 0.25) is 0 Å². The smallest absolute Gasteiger partial charge is 0.264 e. The van der Waals surface area contributed by atoms with E-state index in [0.29, 0.717) is 0 Å². The summed E-state index contributed by atoms with van der Waals surface area (Å²) in [6.07, 6.45) is 4.41. The molecule has 22 heavy (non-hydrogen) atoms. The first-order valence-electron chi connectivity index (χ1n) is 7.71. The number of carbonyl (C=O) groups is 1. The van der Waals surface area contributed by atoms with Gasteiger partial charge in [0.25, 0.3) is 5.91 Å². The van der Waals surface area contributed by atoms with Crippen molar-refractivity contribution in [2.24, 2.45) is 0 Å². The predicted octanol–water partition coefficient (Wildman–Crippen LogP) is 1.80. The summed E-state index contributed by atoms with van der Waals surface area (Å²) < 4.78 is 0. The van der Waals surface area contributed by atoms with Gasteiger partial charge in [-0.1, -0.05) is 42.5 Å². The number of hydrogen-bond donors (Lipinski definition) is 1. The highest BCUT2D eigenvalue weighted by atomic mass is 32.1. The highest BCUT2D eigenvalue weighted by Gasteiger charge is 2.24. The molecule has 0 unspecified atom stereocenters. The molecule has 1 saturated heterocycles. The summed E-state index contributed by atoms with van der Waals surface area (Å²) in [5.41, 5.74) is 1.24. The van der Waals surface area contributed by atoms with Crippen molar-refractivity contribution in [2.75, 3.05) is 32.7 Å². The van der Waals surface area contributed by atoms with E-state index in [0.717, 1.165) is 37.6 Å². The molecule has 2 heterocycles. The maximum atomic E-state index is 12.3. The minimum Gasteiger partial charge on any atom is -0.329 e. The van der Waals surface area contributed by atoms with Crippen molar-refractivity contribution in [2.45, 2.75) is 0 Å². The van der Waals surface area contributed by atoms with E-state index in [-0.39, 0.29) is 5.91 Å². The van der Waals surface area contributed by atoms with Crippen LogP contribution in [0.2, 0.25) is 0 Å². The largest absolute Gasteiger partial charge is 0.329 e. The number of nitrogens with zero attached hydrogens (tertiary/aromatic N) is 1. The van der Waals surface area contributed by atoms with Crippen LogP contribution in [0.5, 0.6) is 0 Å². The Labute approximate surface area is 135 Å². The number of carbonyl (C=O) groups excluding carboxylic acids is 1. The first-order valence-corrected chi connectivity index (χ1v) is 8.59. The molecule has 1 fully saturated rings. The predicted molar refractivity (Wildman–Crippen MR) is 91.3 cm³/mol. The van der Waals surface area contributed by atoms with Crippen molar-refractivity contribution < 1.29 is 9.69 Å². The Balaban J connectivity index is 1.46. The fraction of sp³-hybridized carbons (Fsp3) is 0.278. The molecule has 114 valence electrons. The van der Waals surface area contributed by atoms with Crippen LogP contribution in [0, 0.1) is 0 Å². The molecule has 1 aliphatic heterocycles. The number of amides is 1. The Morgan fingerprint density at radius 2 is 1.91 bits per heavy atom. The number of rotatable bonds is 4. The molecule has 3 nitrogen and oxygen atoms in total. The summed E-state index contributed by atoms with van der Waals surface area (Å²) in [4.78, 5) is 16.7. The summed E-state index contributed by atoms with van der Waals surface area (Å²) in [6.45, 7) is 4.78. The molecular weight excluding hydrogens is 292 g/mol. The highest BCUT2D eigenvalue weighted by Crippen LogP contribution is 2.11. The van der Waals surface area contributed by atoms with E-state index in [1.54, 1.807) is 4.90 Å². The monoisotopic (exact) mass is 313 g/mol. The number of nitrogens with one attached hydrogen (secondary N) is 1. The van der Waals surface area contributed by atoms with Crippen LogP contribution >= 0.6 is 11.3 Å². The van der Waals surface area contributed by atoms with Crippen LogP contribution in [0.4, 0.5) is 0 Å². The number of piperazine rings is 1.